The molecule has 1 amide bonds. The van der Waals surface area contributed by atoms with Crippen molar-refractivity contribution in [2.45, 2.75) is 6.92 Å². The summed E-state index contributed by atoms with van der Waals surface area (Å²) in [7, 11) is 0. The monoisotopic (exact) mass is 233 g/mol. The second-order valence-corrected chi connectivity index (χ2v) is 3.70. The van der Waals surface area contributed by atoms with Crippen LogP contribution >= 0.6 is 0 Å². The van der Waals surface area contributed by atoms with E-state index in [0.717, 1.165) is 6.08 Å². The minimum Gasteiger partial charge on any atom is -0.512 e. The maximum absolute atomic E-state index is 11.6. The molecule has 0 saturated heterocycles. The van der Waals surface area contributed by atoms with E-state index in [0.29, 0.717) is 17.0 Å². The Labute approximate surface area is 97.7 Å². The highest BCUT2D eigenvalue weighted by atomic mass is 16.5. The molecule has 1 heterocycles. The topological polar surface area (TPSA) is 75.6 Å². The fraction of sp³-hybridized carbons (Fsp3) is 0.167. The molecular formula is C12H11NO4. The van der Waals surface area contributed by atoms with Crippen LogP contribution < -0.4 is 10.1 Å². The lowest BCUT2D eigenvalue weighted by Gasteiger charge is -2.17. The molecule has 0 saturated carbocycles. The van der Waals surface area contributed by atoms with Crippen molar-refractivity contribution in [3.8, 4) is 5.75 Å². The standard InChI is InChI=1S/C12H11NO4/c1-7(14)4-10(15)8-2-3-11-9(5-8)13-12(16)6-17-11/h2-5,14H,6H2,1H3,(H,13,16). The van der Waals surface area contributed by atoms with Gasteiger partial charge in [0.05, 0.1) is 11.4 Å². The van der Waals surface area contributed by atoms with Gasteiger partial charge in [-0.1, -0.05) is 0 Å². The Kier molecular flexibility index (Phi) is 2.82. The van der Waals surface area contributed by atoms with E-state index in [1.807, 2.05) is 0 Å². The van der Waals surface area contributed by atoms with Crippen LogP contribution in [0.1, 0.15) is 17.3 Å². The maximum Gasteiger partial charge on any atom is 0.262 e. The number of benzene rings is 1. The van der Waals surface area contributed by atoms with E-state index in [-0.39, 0.29) is 24.1 Å². The number of aliphatic hydroxyl groups is 1. The second kappa shape index (κ2) is 4.29. The van der Waals surface area contributed by atoms with Gasteiger partial charge in [0.15, 0.2) is 12.4 Å². The van der Waals surface area contributed by atoms with Gasteiger partial charge in [0.25, 0.3) is 5.91 Å². The van der Waals surface area contributed by atoms with Gasteiger partial charge in [0, 0.05) is 11.6 Å². The number of anilines is 1. The Bertz CT molecular complexity index is 515. The van der Waals surface area contributed by atoms with Gasteiger partial charge >= 0.3 is 0 Å². The molecule has 0 fully saturated rings. The first kappa shape index (κ1) is 11.2. The number of allylic oxidation sites excluding steroid dienone is 2. The van der Waals surface area contributed by atoms with Crippen molar-refractivity contribution in [3.05, 3.63) is 35.6 Å². The van der Waals surface area contributed by atoms with Crippen molar-refractivity contribution < 1.29 is 19.4 Å². The summed E-state index contributed by atoms with van der Waals surface area (Å²) in [5.41, 5.74) is 0.846. The Morgan fingerprint density at radius 3 is 3.00 bits per heavy atom. The van der Waals surface area contributed by atoms with E-state index < -0.39 is 0 Å². The lowest BCUT2D eigenvalue weighted by Crippen LogP contribution is -2.25. The number of hydrogen-bond acceptors (Lipinski definition) is 4. The second-order valence-electron chi connectivity index (χ2n) is 3.70. The molecule has 88 valence electrons. The molecule has 1 aromatic carbocycles. The van der Waals surface area contributed by atoms with Crippen molar-refractivity contribution in [2.75, 3.05) is 11.9 Å². The van der Waals surface area contributed by atoms with Crippen LogP contribution in [0.15, 0.2) is 30.0 Å². The first-order valence-electron chi connectivity index (χ1n) is 5.04. The Hall–Kier alpha value is -2.30. The normalized spacial score (nSPS) is 14.6. The van der Waals surface area contributed by atoms with Crippen LogP contribution in [0, 0.1) is 0 Å². The van der Waals surface area contributed by atoms with Crippen LogP contribution in [0.5, 0.6) is 5.75 Å². The van der Waals surface area contributed by atoms with Crippen molar-refractivity contribution >= 4 is 17.4 Å². The summed E-state index contributed by atoms with van der Waals surface area (Å²) in [5.74, 6) is -0.109. The summed E-state index contributed by atoms with van der Waals surface area (Å²) in [6.45, 7) is 1.40. The van der Waals surface area contributed by atoms with Gasteiger partial charge in [-0.25, -0.2) is 0 Å². The first-order chi connectivity index (χ1) is 8.06. The summed E-state index contributed by atoms with van der Waals surface area (Å²) in [4.78, 5) is 22.7. The zero-order valence-corrected chi connectivity index (χ0v) is 9.19. The fourth-order valence-corrected chi connectivity index (χ4v) is 1.51. The number of nitrogens with one attached hydrogen (secondary N) is 1. The van der Waals surface area contributed by atoms with Crippen LogP contribution in [0.3, 0.4) is 0 Å². The van der Waals surface area contributed by atoms with Crippen LogP contribution in [-0.4, -0.2) is 23.4 Å². The van der Waals surface area contributed by atoms with Crippen molar-refractivity contribution in [3.63, 3.8) is 0 Å². The molecular weight excluding hydrogens is 222 g/mol. The molecule has 1 aromatic rings. The quantitative estimate of drug-likeness (QED) is 0.462. The highest BCUT2D eigenvalue weighted by Gasteiger charge is 2.17. The third kappa shape index (κ3) is 2.44. The number of rotatable bonds is 2. The van der Waals surface area contributed by atoms with Crippen LogP contribution in [0.25, 0.3) is 0 Å². The number of ketones is 1. The van der Waals surface area contributed by atoms with E-state index in [4.69, 9.17) is 9.84 Å². The largest absolute Gasteiger partial charge is 0.512 e. The number of aliphatic hydroxyl groups excluding tert-OH is 1. The van der Waals surface area contributed by atoms with Crippen LogP contribution in [-0.2, 0) is 4.79 Å². The van der Waals surface area contributed by atoms with Gasteiger partial charge in [-0.2, -0.15) is 0 Å². The molecule has 1 aliphatic rings. The van der Waals surface area contributed by atoms with E-state index in [1.165, 1.54) is 13.0 Å². The Morgan fingerprint density at radius 2 is 2.29 bits per heavy atom. The first-order valence-corrected chi connectivity index (χ1v) is 5.04. The minimum atomic E-state index is -0.326. The molecule has 2 rings (SSSR count). The number of amides is 1. The predicted octanol–water partition coefficient (Wildman–Crippen LogP) is 1.66. The average molecular weight is 233 g/mol. The smallest absolute Gasteiger partial charge is 0.262 e. The lowest BCUT2D eigenvalue weighted by atomic mass is 10.1. The van der Waals surface area contributed by atoms with E-state index in [1.54, 1.807) is 12.1 Å². The van der Waals surface area contributed by atoms with Gasteiger partial charge in [-0.05, 0) is 25.1 Å². The number of carbonyl (C=O) groups is 2. The SMILES string of the molecule is CC(O)=CC(=O)c1ccc2c(c1)NC(=O)CO2. The third-order valence-corrected chi connectivity index (χ3v) is 2.24. The van der Waals surface area contributed by atoms with Gasteiger partial charge < -0.3 is 15.2 Å². The van der Waals surface area contributed by atoms with Gasteiger partial charge in [0.2, 0.25) is 0 Å². The van der Waals surface area contributed by atoms with Crippen molar-refractivity contribution in [1.29, 1.82) is 0 Å². The molecule has 5 heteroatoms. The lowest BCUT2D eigenvalue weighted by molar-refractivity contribution is -0.118. The van der Waals surface area contributed by atoms with E-state index >= 15 is 0 Å². The molecule has 0 aliphatic carbocycles. The number of ether oxygens (including phenoxy) is 1. The predicted molar refractivity (Wildman–Crippen MR) is 61.3 cm³/mol. The van der Waals surface area contributed by atoms with Gasteiger partial charge in [-0.15, -0.1) is 0 Å². The van der Waals surface area contributed by atoms with E-state index in [2.05, 4.69) is 5.32 Å². The Balaban J connectivity index is 2.33. The number of carbonyl (C=O) groups excluding carboxylic acids is 2. The van der Waals surface area contributed by atoms with Crippen molar-refractivity contribution in [1.82, 2.24) is 0 Å². The average Bonchev–Trinajstić information content (AvgIpc) is 2.27. The fourth-order valence-electron chi connectivity index (χ4n) is 1.51. The highest BCUT2D eigenvalue weighted by Crippen LogP contribution is 2.28. The molecule has 0 unspecified atom stereocenters. The van der Waals surface area contributed by atoms with Crippen molar-refractivity contribution in [2.24, 2.45) is 0 Å². The number of hydrogen-bond donors (Lipinski definition) is 2. The third-order valence-electron chi connectivity index (χ3n) is 2.24. The zero-order valence-electron chi connectivity index (χ0n) is 9.19. The summed E-state index contributed by atoms with van der Waals surface area (Å²) >= 11 is 0. The molecule has 5 nitrogen and oxygen atoms in total. The zero-order chi connectivity index (χ0) is 12.4. The highest BCUT2D eigenvalue weighted by molar-refractivity contribution is 6.06. The molecule has 0 radical (unpaired) electrons. The molecule has 2 N–H and O–H groups in total. The molecule has 0 aromatic heterocycles. The Morgan fingerprint density at radius 1 is 1.53 bits per heavy atom. The summed E-state index contributed by atoms with van der Waals surface area (Å²) in [6.07, 6.45) is 1.12. The molecule has 0 spiro atoms. The minimum absolute atomic E-state index is 0.0179. The summed E-state index contributed by atoms with van der Waals surface area (Å²) < 4.78 is 5.16. The molecule has 0 bridgehead atoms. The molecule has 0 atom stereocenters. The van der Waals surface area contributed by atoms with Gasteiger partial charge in [0.1, 0.15) is 5.75 Å². The van der Waals surface area contributed by atoms with E-state index in [9.17, 15) is 9.59 Å². The molecule has 1 aliphatic heterocycles. The maximum atomic E-state index is 11.6. The molecule has 17 heavy (non-hydrogen) atoms. The summed E-state index contributed by atoms with van der Waals surface area (Å²) in [6, 6.07) is 4.72. The van der Waals surface area contributed by atoms with Crippen LogP contribution in [0.2, 0.25) is 0 Å². The van der Waals surface area contributed by atoms with Crippen LogP contribution in [0.4, 0.5) is 5.69 Å². The van der Waals surface area contributed by atoms with Gasteiger partial charge in [-0.3, -0.25) is 9.59 Å². The summed E-state index contributed by atoms with van der Waals surface area (Å²) in [5, 5.41) is 11.6. The number of fused-ring (bicyclic) bond motifs is 1.